The smallest absolute Gasteiger partial charge is 0.339 e. The molecule has 3 aromatic rings. The zero-order chi connectivity index (χ0) is 21.8. The van der Waals surface area contributed by atoms with Gasteiger partial charge < -0.3 is 9.47 Å². The van der Waals surface area contributed by atoms with Crippen molar-refractivity contribution in [3.8, 4) is 11.3 Å². The van der Waals surface area contributed by atoms with Gasteiger partial charge in [0.15, 0.2) is 5.16 Å². The maximum absolute atomic E-state index is 13.2. The van der Waals surface area contributed by atoms with Crippen LogP contribution in [0.25, 0.3) is 11.3 Å². The maximum atomic E-state index is 13.2. The molecule has 8 heteroatoms. The summed E-state index contributed by atoms with van der Waals surface area (Å²) in [7, 11) is 0. The SMILES string of the molecule is O=C(c1ccc(CSc2ncc(-c3ccccc3)n2CC(F)(F)F)cc1)N1CCCC1. The molecule has 0 bridgehead atoms. The van der Waals surface area contributed by atoms with Crippen LogP contribution in [0.15, 0.2) is 66.0 Å². The third-order valence-electron chi connectivity index (χ3n) is 5.19. The molecule has 0 aliphatic carbocycles. The molecule has 1 aliphatic rings. The van der Waals surface area contributed by atoms with Crippen LogP contribution in [-0.4, -0.2) is 39.6 Å². The molecule has 0 atom stereocenters. The van der Waals surface area contributed by atoms with Gasteiger partial charge in [-0.3, -0.25) is 4.79 Å². The first-order valence-corrected chi connectivity index (χ1v) is 11.1. The average molecular weight is 446 g/mol. The van der Waals surface area contributed by atoms with E-state index in [4.69, 9.17) is 0 Å². The molecule has 31 heavy (non-hydrogen) atoms. The second-order valence-corrected chi connectivity index (χ2v) is 8.42. The van der Waals surface area contributed by atoms with Crippen LogP contribution in [0.5, 0.6) is 0 Å². The Hall–Kier alpha value is -2.74. The van der Waals surface area contributed by atoms with Crippen LogP contribution in [-0.2, 0) is 12.3 Å². The van der Waals surface area contributed by atoms with Crippen molar-refractivity contribution in [1.82, 2.24) is 14.5 Å². The van der Waals surface area contributed by atoms with E-state index in [-0.39, 0.29) is 5.91 Å². The van der Waals surface area contributed by atoms with Gasteiger partial charge in [-0.15, -0.1) is 0 Å². The summed E-state index contributed by atoms with van der Waals surface area (Å²) in [5.41, 5.74) is 2.69. The normalized spacial score (nSPS) is 14.2. The number of likely N-dealkylation sites (tertiary alicyclic amines) is 1. The number of aromatic nitrogens is 2. The average Bonchev–Trinajstić information content (AvgIpc) is 3.42. The molecule has 0 N–H and O–H groups in total. The molecule has 0 radical (unpaired) electrons. The lowest BCUT2D eigenvalue weighted by Gasteiger charge is -2.15. The van der Waals surface area contributed by atoms with Crippen LogP contribution < -0.4 is 0 Å². The summed E-state index contributed by atoms with van der Waals surface area (Å²) in [5.74, 6) is 0.492. The summed E-state index contributed by atoms with van der Waals surface area (Å²) in [6.45, 7) is 0.493. The number of rotatable bonds is 6. The van der Waals surface area contributed by atoms with Gasteiger partial charge in [-0.2, -0.15) is 13.2 Å². The third kappa shape index (κ3) is 5.31. The van der Waals surface area contributed by atoms with E-state index in [0.29, 0.717) is 27.7 Å². The first-order chi connectivity index (χ1) is 14.9. The molecule has 1 saturated heterocycles. The number of thioether (sulfide) groups is 1. The molecule has 4 rings (SSSR count). The summed E-state index contributed by atoms with van der Waals surface area (Å²) in [6, 6.07) is 16.2. The van der Waals surface area contributed by atoms with E-state index in [0.717, 1.165) is 31.5 Å². The van der Waals surface area contributed by atoms with Crippen molar-refractivity contribution in [2.75, 3.05) is 13.1 Å². The number of halogens is 3. The molecule has 1 aromatic heterocycles. The number of carbonyl (C=O) groups is 1. The lowest BCUT2D eigenvalue weighted by atomic mass is 10.1. The van der Waals surface area contributed by atoms with Crippen LogP contribution in [0, 0.1) is 0 Å². The topological polar surface area (TPSA) is 38.1 Å². The Kier molecular flexibility index (Phi) is 6.36. The predicted octanol–water partition coefficient (Wildman–Crippen LogP) is 5.64. The van der Waals surface area contributed by atoms with Crippen molar-refractivity contribution in [2.45, 2.75) is 36.5 Å². The monoisotopic (exact) mass is 445 g/mol. The maximum Gasteiger partial charge on any atom is 0.406 e. The van der Waals surface area contributed by atoms with Crippen molar-refractivity contribution in [2.24, 2.45) is 0 Å². The standard InChI is InChI=1S/C23H22F3N3OS/c24-23(25,26)16-29-20(18-6-2-1-3-7-18)14-27-22(29)31-15-17-8-10-19(11-9-17)21(30)28-12-4-5-13-28/h1-3,6-11,14H,4-5,12-13,15-16H2. The highest BCUT2D eigenvalue weighted by Gasteiger charge is 2.30. The third-order valence-corrected chi connectivity index (χ3v) is 6.25. The van der Waals surface area contributed by atoms with Gasteiger partial charge in [0.25, 0.3) is 5.91 Å². The van der Waals surface area contributed by atoms with Crippen LogP contribution in [0.4, 0.5) is 13.2 Å². The van der Waals surface area contributed by atoms with Crippen LogP contribution in [0.1, 0.15) is 28.8 Å². The van der Waals surface area contributed by atoms with Gasteiger partial charge in [-0.05, 0) is 36.1 Å². The Bertz CT molecular complexity index is 1030. The first kappa shape index (κ1) is 21.5. The highest BCUT2D eigenvalue weighted by molar-refractivity contribution is 7.98. The fourth-order valence-corrected chi connectivity index (χ4v) is 4.57. The first-order valence-electron chi connectivity index (χ1n) is 10.1. The lowest BCUT2D eigenvalue weighted by molar-refractivity contribution is -0.141. The summed E-state index contributed by atoms with van der Waals surface area (Å²) in [6.07, 6.45) is -0.787. The number of hydrogen-bond acceptors (Lipinski definition) is 3. The Balaban J connectivity index is 1.49. The van der Waals surface area contributed by atoms with E-state index in [1.807, 2.05) is 23.1 Å². The van der Waals surface area contributed by atoms with Gasteiger partial charge in [0.1, 0.15) is 6.54 Å². The molecule has 162 valence electrons. The van der Waals surface area contributed by atoms with E-state index >= 15 is 0 Å². The van der Waals surface area contributed by atoms with E-state index in [2.05, 4.69) is 4.98 Å². The molecule has 1 amide bonds. The molecular weight excluding hydrogens is 423 g/mol. The van der Waals surface area contributed by atoms with Crippen LogP contribution in [0.2, 0.25) is 0 Å². The Labute approximate surface area is 183 Å². The van der Waals surface area contributed by atoms with Gasteiger partial charge in [-0.1, -0.05) is 54.2 Å². The number of carbonyl (C=O) groups excluding carboxylic acids is 1. The number of imidazole rings is 1. The number of benzene rings is 2. The minimum absolute atomic E-state index is 0.0323. The van der Waals surface area contributed by atoms with E-state index < -0.39 is 12.7 Å². The van der Waals surface area contributed by atoms with E-state index in [9.17, 15) is 18.0 Å². The van der Waals surface area contributed by atoms with Crippen molar-refractivity contribution in [3.63, 3.8) is 0 Å². The fraction of sp³-hybridized carbons (Fsp3) is 0.304. The second kappa shape index (κ2) is 9.18. The van der Waals surface area contributed by atoms with Crippen molar-refractivity contribution in [3.05, 3.63) is 71.9 Å². The predicted molar refractivity (Wildman–Crippen MR) is 115 cm³/mol. The minimum atomic E-state index is -4.35. The Morgan fingerprint density at radius 3 is 2.32 bits per heavy atom. The zero-order valence-corrected chi connectivity index (χ0v) is 17.6. The number of hydrogen-bond donors (Lipinski definition) is 0. The van der Waals surface area contributed by atoms with Crippen LogP contribution >= 0.6 is 11.8 Å². The molecule has 1 fully saturated rings. The van der Waals surface area contributed by atoms with E-state index in [1.54, 1.807) is 36.4 Å². The van der Waals surface area contributed by atoms with Crippen molar-refractivity contribution < 1.29 is 18.0 Å². The second-order valence-electron chi connectivity index (χ2n) is 7.48. The fourth-order valence-electron chi connectivity index (χ4n) is 3.64. The van der Waals surface area contributed by atoms with Gasteiger partial charge in [0.05, 0.1) is 11.9 Å². The number of alkyl halides is 3. The summed E-state index contributed by atoms with van der Waals surface area (Å²) >= 11 is 1.25. The molecule has 4 nitrogen and oxygen atoms in total. The highest BCUT2D eigenvalue weighted by Crippen LogP contribution is 2.31. The molecular formula is C23H22F3N3OS. The Morgan fingerprint density at radius 1 is 1.00 bits per heavy atom. The molecule has 0 unspecified atom stereocenters. The summed E-state index contributed by atoms with van der Waals surface area (Å²) in [4.78, 5) is 18.6. The molecule has 2 heterocycles. The van der Waals surface area contributed by atoms with Gasteiger partial charge in [0.2, 0.25) is 0 Å². The summed E-state index contributed by atoms with van der Waals surface area (Å²) in [5, 5.41) is 0.313. The van der Waals surface area contributed by atoms with Gasteiger partial charge in [0, 0.05) is 24.4 Å². The summed E-state index contributed by atoms with van der Waals surface area (Å²) < 4.78 is 40.9. The molecule has 0 spiro atoms. The number of amides is 1. The lowest BCUT2D eigenvalue weighted by Crippen LogP contribution is -2.27. The van der Waals surface area contributed by atoms with Crippen molar-refractivity contribution >= 4 is 17.7 Å². The van der Waals surface area contributed by atoms with Gasteiger partial charge >= 0.3 is 6.18 Å². The minimum Gasteiger partial charge on any atom is -0.339 e. The highest BCUT2D eigenvalue weighted by atomic mass is 32.2. The molecule has 2 aromatic carbocycles. The van der Waals surface area contributed by atoms with Gasteiger partial charge in [-0.25, -0.2) is 4.98 Å². The quantitative estimate of drug-likeness (QED) is 0.461. The molecule has 1 aliphatic heterocycles. The number of nitrogens with zero attached hydrogens (tertiary/aromatic N) is 3. The largest absolute Gasteiger partial charge is 0.406 e. The van der Waals surface area contributed by atoms with E-state index in [1.165, 1.54) is 22.5 Å². The zero-order valence-electron chi connectivity index (χ0n) is 16.8. The Morgan fingerprint density at radius 2 is 1.68 bits per heavy atom. The van der Waals surface area contributed by atoms with Crippen LogP contribution in [0.3, 0.4) is 0 Å². The molecule has 0 saturated carbocycles. The van der Waals surface area contributed by atoms with Crippen molar-refractivity contribution in [1.29, 1.82) is 0 Å².